The normalized spacial score (nSPS) is 14.1. The SMILES string of the molecule is COC(=O)Cc1csc(NC(=O)c2cccc(S(=O)(=O)N3CCc4sccc4C3)c2)n1. The number of fused-ring (bicyclic) bond motifs is 1. The van der Waals surface area contributed by atoms with Gasteiger partial charge in [0.25, 0.3) is 5.91 Å². The van der Waals surface area contributed by atoms with Crippen LogP contribution in [0.25, 0.3) is 0 Å². The fourth-order valence-corrected chi connectivity index (χ4v) is 6.27. The number of carbonyl (C=O) groups excluding carboxylic acids is 2. The number of amides is 1. The van der Waals surface area contributed by atoms with Gasteiger partial charge in [-0.05, 0) is 41.6 Å². The summed E-state index contributed by atoms with van der Waals surface area (Å²) in [5, 5.41) is 6.59. The molecule has 3 heterocycles. The summed E-state index contributed by atoms with van der Waals surface area (Å²) in [6, 6.07) is 7.91. The highest BCUT2D eigenvalue weighted by Crippen LogP contribution is 2.28. The third-order valence-electron chi connectivity index (χ3n) is 4.83. The van der Waals surface area contributed by atoms with Crippen LogP contribution in [0.5, 0.6) is 0 Å². The molecule has 8 nitrogen and oxygen atoms in total. The average Bonchev–Trinajstić information content (AvgIpc) is 3.42. The van der Waals surface area contributed by atoms with Gasteiger partial charge in [0.1, 0.15) is 0 Å². The Labute approximate surface area is 187 Å². The van der Waals surface area contributed by atoms with Crippen molar-refractivity contribution in [3.8, 4) is 0 Å². The van der Waals surface area contributed by atoms with E-state index in [1.54, 1.807) is 28.8 Å². The fraction of sp³-hybridized carbons (Fsp3) is 0.250. The van der Waals surface area contributed by atoms with E-state index in [2.05, 4.69) is 15.0 Å². The van der Waals surface area contributed by atoms with Gasteiger partial charge in [0.2, 0.25) is 10.0 Å². The van der Waals surface area contributed by atoms with Gasteiger partial charge in [0, 0.05) is 28.9 Å². The summed E-state index contributed by atoms with van der Waals surface area (Å²) in [7, 11) is -2.44. The summed E-state index contributed by atoms with van der Waals surface area (Å²) in [4.78, 5) is 29.5. The van der Waals surface area contributed by atoms with Crippen molar-refractivity contribution in [2.24, 2.45) is 0 Å². The van der Waals surface area contributed by atoms with Gasteiger partial charge in [0.05, 0.1) is 24.1 Å². The second-order valence-corrected chi connectivity index (χ2v) is 10.6. The van der Waals surface area contributed by atoms with Crippen molar-refractivity contribution < 1.29 is 22.7 Å². The largest absolute Gasteiger partial charge is 0.469 e. The number of sulfonamides is 1. The molecule has 4 rings (SSSR count). The first-order valence-corrected chi connectivity index (χ1v) is 12.5. The van der Waals surface area contributed by atoms with Crippen molar-refractivity contribution >= 4 is 49.7 Å². The van der Waals surface area contributed by atoms with Crippen molar-refractivity contribution in [2.45, 2.75) is 24.3 Å². The summed E-state index contributed by atoms with van der Waals surface area (Å²) in [5.74, 6) is -0.900. The van der Waals surface area contributed by atoms with E-state index in [0.29, 0.717) is 30.3 Å². The van der Waals surface area contributed by atoms with E-state index in [4.69, 9.17) is 0 Å². The van der Waals surface area contributed by atoms with Gasteiger partial charge in [-0.25, -0.2) is 13.4 Å². The second kappa shape index (κ2) is 8.87. The molecule has 1 amide bonds. The molecule has 0 spiro atoms. The van der Waals surface area contributed by atoms with Crippen LogP contribution in [0.4, 0.5) is 5.13 Å². The van der Waals surface area contributed by atoms with E-state index >= 15 is 0 Å². The number of nitrogens with zero attached hydrogens (tertiary/aromatic N) is 2. The molecule has 3 aromatic rings. The molecular formula is C20H19N3O5S3. The first-order chi connectivity index (χ1) is 14.9. The summed E-state index contributed by atoms with van der Waals surface area (Å²) in [5.41, 5.74) is 1.72. The number of thiophene rings is 1. The van der Waals surface area contributed by atoms with E-state index in [1.165, 1.54) is 39.8 Å². The lowest BCUT2D eigenvalue weighted by molar-refractivity contribution is -0.139. The number of anilines is 1. The summed E-state index contributed by atoms with van der Waals surface area (Å²) in [6.07, 6.45) is 0.697. The molecule has 31 heavy (non-hydrogen) atoms. The van der Waals surface area contributed by atoms with E-state index in [-0.39, 0.29) is 16.9 Å². The molecule has 1 N–H and O–H groups in total. The molecule has 0 radical (unpaired) electrons. The Morgan fingerprint density at radius 3 is 2.90 bits per heavy atom. The highest BCUT2D eigenvalue weighted by molar-refractivity contribution is 7.89. The van der Waals surface area contributed by atoms with Gasteiger partial charge in [-0.3, -0.25) is 14.9 Å². The van der Waals surface area contributed by atoms with Gasteiger partial charge in [-0.1, -0.05) is 6.07 Å². The molecule has 11 heteroatoms. The maximum Gasteiger partial charge on any atom is 0.311 e. The van der Waals surface area contributed by atoms with Crippen LogP contribution in [0.3, 0.4) is 0 Å². The maximum atomic E-state index is 13.1. The van der Waals surface area contributed by atoms with Crippen molar-refractivity contribution in [2.75, 3.05) is 19.0 Å². The van der Waals surface area contributed by atoms with Crippen LogP contribution < -0.4 is 5.32 Å². The molecule has 1 aliphatic heterocycles. The van der Waals surface area contributed by atoms with E-state index < -0.39 is 21.9 Å². The Bertz CT molecular complexity index is 1230. The Balaban J connectivity index is 1.49. The zero-order valence-corrected chi connectivity index (χ0v) is 19.0. The number of carbonyl (C=O) groups is 2. The number of aromatic nitrogens is 1. The molecule has 1 aromatic carbocycles. The predicted molar refractivity (Wildman–Crippen MR) is 118 cm³/mol. The number of thiazole rings is 1. The molecule has 2 aromatic heterocycles. The third kappa shape index (κ3) is 4.69. The van der Waals surface area contributed by atoms with Crippen LogP contribution in [-0.4, -0.2) is 43.2 Å². The number of nitrogens with one attached hydrogen (secondary N) is 1. The van der Waals surface area contributed by atoms with Crippen LogP contribution in [0, 0.1) is 0 Å². The summed E-state index contributed by atoms with van der Waals surface area (Å²) < 4.78 is 32.3. The van der Waals surface area contributed by atoms with Crippen molar-refractivity contribution in [1.29, 1.82) is 0 Å². The first kappa shape index (κ1) is 21.6. The predicted octanol–water partition coefficient (Wildman–Crippen LogP) is 2.92. The smallest absolute Gasteiger partial charge is 0.311 e. The van der Waals surface area contributed by atoms with Crippen LogP contribution in [0.15, 0.2) is 46.0 Å². The molecule has 0 unspecified atom stereocenters. The Hall–Kier alpha value is -2.60. The van der Waals surface area contributed by atoms with Gasteiger partial charge >= 0.3 is 5.97 Å². The zero-order chi connectivity index (χ0) is 22.0. The summed E-state index contributed by atoms with van der Waals surface area (Å²) >= 11 is 2.82. The second-order valence-electron chi connectivity index (χ2n) is 6.84. The molecular weight excluding hydrogens is 458 g/mol. The van der Waals surface area contributed by atoms with Crippen LogP contribution >= 0.6 is 22.7 Å². The van der Waals surface area contributed by atoms with Crippen LogP contribution in [-0.2, 0) is 38.9 Å². The van der Waals surface area contributed by atoms with E-state index in [9.17, 15) is 18.0 Å². The molecule has 0 bridgehead atoms. The lowest BCUT2D eigenvalue weighted by Gasteiger charge is -2.26. The third-order valence-corrected chi connectivity index (χ3v) is 8.50. The molecule has 1 aliphatic rings. The Kier molecular flexibility index (Phi) is 6.19. The number of methoxy groups -OCH3 is 1. The quantitative estimate of drug-likeness (QED) is 0.547. The highest BCUT2D eigenvalue weighted by Gasteiger charge is 2.29. The zero-order valence-electron chi connectivity index (χ0n) is 16.5. The monoisotopic (exact) mass is 477 g/mol. The van der Waals surface area contributed by atoms with E-state index in [0.717, 1.165) is 5.56 Å². The first-order valence-electron chi connectivity index (χ1n) is 9.35. The lowest BCUT2D eigenvalue weighted by atomic mass is 10.1. The molecule has 0 saturated carbocycles. The average molecular weight is 478 g/mol. The number of benzene rings is 1. The van der Waals surface area contributed by atoms with Crippen LogP contribution in [0.1, 0.15) is 26.5 Å². The minimum Gasteiger partial charge on any atom is -0.469 e. The summed E-state index contributed by atoms with van der Waals surface area (Å²) in [6.45, 7) is 0.744. The van der Waals surface area contributed by atoms with Crippen molar-refractivity contribution in [1.82, 2.24) is 9.29 Å². The van der Waals surface area contributed by atoms with Gasteiger partial charge in [-0.15, -0.1) is 22.7 Å². The molecule has 0 atom stereocenters. The minimum absolute atomic E-state index is 0.0122. The van der Waals surface area contributed by atoms with Gasteiger partial charge < -0.3 is 4.74 Å². The molecule has 0 saturated heterocycles. The molecule has 162 valence electrons. The lowest BCUT2D eigenvalue weighted by Crippen LogP contribution is -2.35. The number of rotatable bonds is 6. The number of hydrogen-bond acceptors (Lipinski definition) is 8. The van der Waals surface area contributed by atoms with Crippen molar-refractivity contribution in [3.63, 3.8) is 0 Å². The van der Waals surface area contributed by atoms with Crippen LogP contribution in [0.2, 0.25) is 0 Å². The Morgan fingerprint density at radius 2 is 2.10 bits per heavy atom. The topological polar surface area (TPSA) is 106 Å². The number of hydrogen-bond donors (Lipinski definition) is 1. The van der Waals surface area contributed by atoms with E-state index in [1.807, 2.05) is 11.4 Å². The highest BCUT2D eigenvalue weighted by atomic mass is 32.2. The van der Waals surface area contributed by atoms with Gasteiger partial charge in [-0.2, -0.15) is 4.31 Å². The Morgan fingerprint density at radius 1 is 1.26 bits per heavy atom. The number of esters is 1. The van der Waals surface area contributed by atoms with Gasteiger partial charge in [0.15, 0.2) is 5.13 Å². The van der Waals surface area contributed by atoms with Crippen molar-refractivity contribution in [3.05, 3.63) is 62.8 Å². The number of ether oxygens (including phenoxy) is 1. The molecule has 0 aliphatic carbocycles. The standard InChI is InChI=1S/C20H19N3O5S3/c1-28-18(24)10-15-12-30-20(21-15)22-19(25)13-3-2-4-16(9-13)31(26,27)23-7-5-17-14(11-23)6-8-29-17/h2-4,6,8-9,12H,5,7,10-11H2,1H3,(H,21,22,25). The molecule has 0 fully saturated rings. The fourth-order valence-electron chi connectivity index (χ4n) is 3.21. The maximum absolute atomic E-state index is 13.1. The minimum atomic E-state index is -3.73.